The van der Waals surface area contributed by atoms with Crippen molar-refractivity contribution in [3.8, 4) is 17.6 Å². The summed E-state index contributed by atoms with van der Waals surface area (Å²) in [5.41, 5.74) is 5.35. The van der Waals surface area contributed by atoms with Crippen LogP contribution in [0, 0.1) is 23.5 Å². The number of anilines is 1. The van der Waals surface area contributed by atoms with Crippen LogP contribution in [0.2, 0.25) is 0 Å². The predicted molar refractivity (Wildman–Crippen MR) is 75.0 cm³/mol. The van der Waals surface area contributed by atoms with E-state index in [0.29, 0.717) is 11.8 Å². The number of methoxy groups -OCH3 is 1. The van der Waals surface area contributed by atoms with Gasteiger partial charge in [0, 0.05) is 6.07 Å². The molecule has 0 aliphatic heterocycles. The summed E-state index contributed by atoms with van der Waals surface area (Å²) in [4.78, 5) is 12.0. The van der Waals surface area contributed by atoms with Crippen LogP contribution >= 0.6 is 0 Å². The molecule has 2 N–H and O–H groups in total. The van der Waals surface area contributed by atoms with Gasteiger partial charge in [-0.25, -0.2) is 8.78 Å². The average Bonchev–Trinajstić information content (AvgIpc) is 2.49. The molecule has 21 heavy (non-hydrogen) atoms. The number of nitrogen functional groups attached to an aromatic ring is 1. The summed E-state index contributed by atoms with van der Waals surface area (Å²) < 4.78 is 31.4. The van der Waals surface area contributed by atoms with E-state index in [2.05, 4.69) is 11.8 Å². The zero-order valence-corrected chi connectivity index (χ0v) is 11.1. The Morgan fingerprint density at radius 1 is 1.24 bits per heavy atom. The van der Waals surface area contributed by atoms with Crippen molar-refractivity contribution in [3.63, 3.8) is 0 Å². The number of nitrogens with two attached hydrogens (primary N) is 1. The van der Waals surface area contributed by atoms with Gasteiger partial charge in [-0.3, -0.25) is 4.79 Å². The van der Waals surface area contributed by atoms with Crippen molar-refractivity contribution >= 4 is 11.5 Å². The van der Waals surface area contributed by atoms with E-state index in [-0.39, 0.29) is 16.8 Å². The van der Waals surface area contributed by atoms with Crippen molar-refractivity contribution in [2.24, 2.45) is 0 Å². The van der Waals surface area contributed by atoms with Crippen molar-refractivity contribution in [2.45, 2.75) is 0 Å². The maximum absolute atomic E-state index is 13.3. The van der Waals surface area contributed by atoms with Crippen LogP contribution in [0.25, 0.3) is 0 Å². The fourth-order valence-corrected chi connectivity index (χ4v) is 1.71. The predicted octanol–water partition coefficient (Wildman–Crippen LogP) is 2.79. The highest BCUT2D eigenvalue weighted by Gasteiger charge is 2.10. The summed E-state index contributed by atoms with van der Waals surface area (Å²) >= 11 is 0. The molecular weight excluding hydrogens is 276 g/mol. The first-order chi connectivity index (χ1) is 10.0. The van der Waals surface area contributed by atoms with Crippen molar-refractivity contribution in [2.75, 3.05) is 12.8 Å². The number of carbonyl (C=O) groups excluding carboxylic acids is 1. The monoisotopic (exact) mass is 287 g/mol. The number of benzene rings is 2. The molecule has 0 aliphatic carbocycles. The van der Waals surface area contributed by atoms with Crippen molar-refractivity contribution in [3.05, 3.63) is 59.2 Å². The molecule has 0 atom stereocenters. The number of rotatable bonds is 2. The third-order valence-electron chi connectivity index (χ3n) is 2.76. The minimum atomic E-state index is -0.913. The normalized spacial score (nSPS) is 9.67. The fourth-order valence-electron chi connectivity index (χ4n) is 1.71. The van der Waals surface area contributed by atoms with Crippen LogP contribution in [-0.2, 0) is 0 Å². The van der Waals surface area contributed by atoms with E-state index in [9.17, 15) is 13.6 Å². The third-order valence-corrected chi connectivity index (χ3v) is 2.76. The highest BCUT2D eigenvalue weighted by atomic mass is 19.1. The van der Waals surface area contributed by atoms with Gasteiger partial charge >= 0.3 is 0 Å². The van der Waals surface area contributed by atoms with Crippen LogP contribution in [-0.4, -0.2) is 12.9 Å². The summed E-state index contributed by atoms with van der Waals surface area (Å²) in [6.07, 6.45) is 0. The van der Waals surface area contributed by atoms with Crippen LogP contribution in [0.5, 0.6) is 5.75 Å². The molecular formula is C16H11F2NO2. The molecule has 0 saturated heterocycles. The Labute approximate surface area is 120 Å². The molecule has 0 spiro atoms. The molecule has 0 heterocycles. The second-order valence-corrected chi connectivity index (χ2v) is 4.13. The van der Waals surface area contributed by atoms with Gasteiger partial charge in [-0.15, -0.1) is 0 Å². The summed E-state index contributed by atoms with van der Waals surface area (Å²) in [5.74, 6) is 2.80. The lowest BCUT2D eigenvalue weighted by Gasteiger charge is -2.03. The van der Waals surface area contributed by atoms with Gasteiger partial charge in [-0.2, -0.15) is 0 Å². The van der Waals surface area contributed by atoms with E-state index >= 15 is 0 Å². The summed E-state index contributed by atoms with van der Waals surface area (Å²) in [7, 11) is 1.43. The molecule has 3 nitrogen and oxygen atoms in total. The molecule has 0 aromatic heterocycles. The first-order valence-electron chi connectivity index (χ1n) is 5.97. The molecule has 0 fully saturated rings. The molecule has 0 bridgehead atoms. The van der Waals surface area contributed by atoms with Crippen LogP contribution in [0.1, 0.15) is 15.9 Å². The standard InChI is InChI=1S/C16H11F2NO2/c1-21-15-5-3-2-4-12(15)14(20)7-6-10-8-11(17)9-13(18)16(10)19/h2-5,8-9H,19H2,1H3. The Balaban J connectivity index is 2.37. The Hall–Kier alpha value is -2.87. The van der Waals surface area contributed by atoms with Crippen LogP contribution in [0.15, 0.2) is 36.4 Å². The van der Waals surface area contributed by atoms with Gasteiger partial charge in [0.2, 0.25) is 5.78 Å². The number of ketones is 1. The lowest BCUT2D eigenvalue weighted by molar-refractivity contribution is 0.105. The number of Topliss-reactive ketones (excluding diaryl/α,β-unsaturated/α-hetero) is 1. The van der Waals surface area contributed by atoms with E-state index in [4.69, 9.17) is 10.5 Å². The van der Waals surface area contributed by atoms with Crippen LogP contribution in [0.3, 0.4) is 0 Å². The molecule has 2 rings (SSSR count). The van der Waals surface area contributed by atoms with Gasteiger partial charge in [0.05, 0.1) is 23.9 Å². The van der Waals surface area contributed by atoms with E-state index in [0.717, 1.165) is 6.07 Å². The molecule has 0 saturated carbocycles. The minimum Gasteiger partial charge on any atom is -0.496 e. The number of carbonyl (C=O) groups is 1. The topological polar surface area (TPSA) is 52.3 Å². The van der Waals surface area contributed by atoms with Crippen molar-refractivity contribution in [1.29, 1.82) is 0 Å². The lowest BCUT2D eigenvalue weighted by atomic mass is 10.1. The molecule has 5 heteroatoms. The molecule has 0 amide bonds. The number of hydrogen-bond donors (Lipinski definition) is 1. The summed E-state index contributed by atoms with van der Waals surface area (Å²) in [6.45, 7) is 0. The summed E-state index contributed by atoms with van der Waals surface area (Å²) in [6, 6.07) is 8.16. The quantitative estimate of drug-likeness (QED) is 0.525. The minimum absolute atomic E-state index is 0.0734. The number of para-hydroxylation sites is 1. The zero-order chi connectivity index (χ0) is 15.4. The second-order valence-electron chi connectivity index (χ2n) is 4.13. The first-order valence-corrected chi connectivity index (χ1v) is 5.97. The maximum atomic E-state index is 13.3. The Bertz CT molecular complexity index is 761. The molecule has 0 unspecified atom stereocenters. The van der Waals surface area contributed by atoms with E-state index < -0.39 is 17.4 Å². The number of ether oxygens (including phenoxy) is 1. The lowest BCUT2D eigenvalue weighted by Crippen LogP contribution is -2.00. The average molecular weight is 287 g/mol. The van der Waals surface area contributed by atoms with Crippen LogP contribution in [0.4, 0.5) is 14.5 Å². The molecule has 0 radical (unpaired) electrons. The number of hydrogen-bond acceptors (Lipinski definition) is 3. The Kier molecular flexibility index (Phi) is 4.19. The fraction of sp³-hybridized carbons (Fsp3) is 0.0625. The molecule has 0 aliphatic rings. The first kappa shape index (κ1) is 14.5. The summed E-state index contributed by atoms with van der Waals surface area (Å²) in [5, 5.41) is 0. The third kappa shape index (κ3) is 3.18. The van der Waals surface area contributed by atoms with Gasteiger partial charge in [0.25, 0.3) is 0 Å². The molecule has 2 aromatic rings. The molecule has 106 valence electrons. The highest BCUT2D eigenvalue weighted by Crippen LogP contribution is 2.19. The zero-order valence-electron chi connectivity index (χ0n) is 11.1. The van der Waals surface area contributed by atoms with E-state index in [1.54, 1.807) is 24.3 Å². The SMILES string of the molecule is COc1ccccc1C(=O)C#Cc1cc(F)cc(F)c1N. The van der Waals surface area contributed by atoms with Crippen molar-refractivity contribution < 1.29 is 18.3 Å². The van der Waals surface area contributed by atoms with E-state index in [1.807, 2.05) is 0 Å². The van der Waals surface area contributed by atoms with Crippen LogP contribution < -0.4 is 10.5 Å². The highest BCUT2D eigenvalue weighted by molar-refractivity contribution is 6.11. The van der Waals surface area contributed by atoms with Gasteiger partial charge in [-0.05, 0) is 24.1 Å². The Morgan fingerprint density at radius 2 is 1.95 bits per heavy atom. The maximum Gasteiger partial charge on any atom is 0.239 e. The van der Waals surface area contributed by atoms with E-state index in [1.165, 1.54) is 7.11 Å². The van der Waals surface area contributed by atoms with Gasteiger partial charge in [0.1, 0.15) is 17.4 Å². The van der Waals surface area contributed by atoms with Crippen molar-refractivity contribution in [1.82, 2.24) is 0 Å². The smallest absolute Gasteiger partial charge is 0.239 e. The van der Waals surface area contributed by atoms with Gasteiger partial charge in [-0.1, -0.05) is 18.1 Å². The Morgan fingerprint density at radius 3 is 2.67 bits per heavy atom. The molecule has 2 aromatic carbocycles. The largest absolute Gasteiger partial charge is 0.496 e. The number of halogens is 2. The van der Waals surface area contributed by atoms with Gasteiger partial charge in [0.15, 0.2) is 0 Å². The second kappa shape index (κ2) is 6.06. The van der Waals surface area contributed by atoms with Gasteiger partial charge < -0.3 is 10.5 Å².